The fourth-order valence-electron chi connectivity index (χ4n) is 4.74. The molecule has 0 radical (unpaired) electrons. The van der Waals surface area contributed by atoms with Gasteiger partial charge in [0.05, 0.1) is 36.5 Å². The molecular formula is C28H28FN5O2. The third kappa shape index (κ3) is 4.54. The van der Waals surface area contributed by atoms with Gasteiger partial charge in [-0.1, -0.05) is 12.1 Å². The number of carbonyl (C=O) groups excluding carboxylic acids is 1. The second kappa shape index (κ2) is 9.81. The number of aryl methyl sites for hydroxylation is 1. The van der Waals surface area contributed by atoms with Gasteiger partial charge in [0.2, 0.25) is 5.91 Å². The number of imidazole rings is 1. The van der Waals surface area contributed by atoms with Crippen LogP contribution in [-0.4, -0.2) is 43.8 Å². The smallest absolute Gasteiger partial charge is 0.250 e. The Morgan fingerprint density at radius 2 is 2.03 bits per heavy atom. The van der Waals surface area contributed by atoms with E-state index in [1.807, 2.05) is 53.8 Å². The highest BCUT2D eigenvalue weighted by molar-refractivity contribution is 5.99. The molecule has 0 N–H and O–H groups in total. The van der Waals surface area contributed by atoms with E-state index in [-0.39, 0.29) is 17.8 Å². The number of aromatic nitrogens is 4. The number of methoxy groups -OCH3 is 1. The van der Waals surface area contributed by atoms with Gasteiger partial charge in [0.1, 0.15) is 11.6 Å². The number of benzene rings is 2. The number of carbonyl (C=O) groups is 1. The summed E-state index contributed by atoms with van der Waals surface area (Å²) in [5, 5.41) is 4.27. The Morgan fingerprint density at radius 3 is 2.75 bits per heavy atom. The van der Waals surface area contributed by atoms with Crippen molar-refractivity contribution in [3.8, 4) is 17.1 Å². The molecule has 0 aliphatic carbocycles. The van der Waals surface area contributed by atoms with Crippen molar-refractivity contribution in [3.05, 3.63) is 95.6 Å². The monoisotopic (exact) mass is 485 g/mol. The van der Waals surface area contributed by atoms with Crippen molar-refractivity contribution in [2.24, 2.45) is 0 Å². The minimum atomic E-state index is -0.342. The maximum Gasteiger partial charge on any atom is 0.250 e. The van der Waals surface area contributed by atoms with Gasteiger partial charge in [0, 0.05) is 36.3 Å². The zero-order valence-corrected chi connectivity index (χ0v) is 20.6. The first-order valence-corrected chi connectivity index (χ1v) is 11.9. The summed E-state index contributed by atoms with van der Waals surface area (Å²) in [6.45, 7) is 4.55. The van der Waals surface area contributed by atoms with Crippen molar-refractivity contribution >= 4 is 12.0 Å². The Balaban J connectivity index is 1.43. The lowest BCUT2D eigenvalue weighted by Gasteiger charge is -2.35. The van der Waals surface area contributed by atoms with Crippen molar-refractivity contribution in [2.45, 2.75) is 32.7 Å². The number of likely N-dealkylation sites (tertiary alicyclic amines) is 1. The molecule has 0 saturated carbocycles. The predicted octanol–water partition coefficient (Wildman–Crippen LogP) is 5.28. The molecule has 0 unspecified atom stereocenters. The summed E-state index contributed by atoms with van der Waals surface area (Å²) in [5.41, 5.74) is 4.91. The standard InChI is InChI=1S/C28H28FN5O2/c1-19-17-32(18-30-19)25-10-7-21(15-27(25)36-3)14-22-6-4-12-33(28(22)35)20(2)24-9-8-23(29)16-26(24)34-13-5-11-31-34/h5,7-11,13-18,20H,4,6,12H2,1-3H3/t20-/m1/s1. The van der Waals surface area contributed by atoms with E-state index in [1.54, 1.807) is 42.6 Å². The number of ether oxygens (including phenoxy) is 1. The van der Waals surface area contributed by atoms with Gasteiger partial charge >= 0.3 is 0 Å². The van der Waals surface area contributed by atoms with Crippen LogP contribution in [0.25, 0.3) is 17.5 Å². The molecule has 1 amide bonds. The average molecular weight is 486 g/mol. The number of hydrogen-bond acceptors (Lipinski definition) is 4. The zero-order valence-electron chi connectivity index (χ0n) is 20.6. The first-order chi connectivity index (χ1) is 17.4. The molecular weight excluding hydrogens is 457 g/mol. The molecule has 1 aliphatic rings. The molecule has 2 aromatic carbocycles. The van der Waals surface area contributed by atoms with Crippen LogP contribution in [0.1, 0.15) is 42.6 Å². The Hall–Kier alpha value is -4.20. The maximum absolute atomic E-state index is 14.1. The molecule has 1 atom stereocenters. The Kier molecular flexibility index (Phi) is 6.41. The largest absolute Gasteiger partial charge is 0.495 e. The van der Waals surface area contributed by atoms with E-state index in [1.165, 1.54) is 12.1 Å². The second-order valence-electron chi connectivity index (χ2n) is 8.96. The third-order valence-electron chi connectivity index (χ3n) is 6.58. The molecule has 2 aromatic heterocycles. The maximum atomic E-state index is 14.1. The molecule has 4 aromatic rings. The predicted molar refractivity (Wildman–Crippen MR) is 136 cm³/mol. The Bertz CT molecular complexity index is 1420. The molecule has 1 saturated heterocycles. The second-order valence-corrected chi connectivity index (χ2v) is 8.96. The molecule has 36 heavy (non-hydrogen) atoms. The van der Waals surface area contributed by atoms with Gasteiger partial charge in [-0.15, -0.1) is 0 Å². The van der Waals surface area contributed by atoms with E-state index in [0.717, 1.165) is 34.5 Å². The van der Waals surface area contributed by atoms with Crippen LogP contribution in [-0.2, 0) is 4.79 Å². The molecule has 7 nitrogen and oxygen atoms in total. The fourth-order valence-corrected chi connectivity index (χ4v) is 4.74. The van der Waals surface area contributed by atoms with Crippen LogP contribution in [0.2, 0.25) is 0 Å². The third-order valence-corrected chi connectivity index (χ3v) is 6.58. The van der Waals surface area contributed by atoms with Crippen molar-refractivity contribution in [1.82, 2.24) is 24.2 Å². The SMILES string of the molecule is COc1cc(C=C2CCCN([C@H](C)c3ccc(F)cc3-n3cccn3)C2=O)ccc1-n1cnc(C)c1. The van der Waals surface area contributed by atoms with Crippen molar-refractivity contribution in [3.63, 3.8) is 0 Å². The fraction of sp³-hybridized carbons (Fsp3) is 0.250. The van der Waals surface area contributed by atoms with Crippen LogP contribution in [0, 0.1) is 12.7 Å². The van der Waals surface area contributed by atoms with E-state index >= 15 is 0 Å². The van der Waals surface area contributed by atoms with Crippen LogP contribution in [0.3, 0.4) is 0 Å². The van der Waals surface area contributed by atoms with Crippen LogP contribution < -0.4 is 4.74 Å². The highest BCUT2D eigenvalue weighted by Crippen LogP contribution is 2.33. The van der Waals surface area contributed by atoms with E-state index in [2.05, 4.69) is 10.1 Å². The van der Waals surface area contributed by atoms with Crippen molar-refractivity contribution in [2.75, 3.05) is 13.7 Å². The summed E-state index contributed by atoms with van der Waals surface area (Å²) in [4.78, 5) is 19.7. The summed E-state index contributed by atoms with van der Waals surface area (Å²) in [7, 11) is 1.63. The van der Waals surface area contributed by atoms with Gasteiger partial charge in [-0.05, 0) is 68.7 Å². The van der Waals surface area contributed by atoms with Gasteiger partial charge in [0.15, 0.2) is 0 Å². The number of nitrogens with zero attached hydrogens (tertiary/aromatic N) is 5. The summed E-state index contributed by atoms with van der Waals surface area (Å²) in [6.07, 6.45) is 10.6. The molecule has 1 fully saturated rings. The van der Waals surface area contributed by atoms with Crippen LogP contribution >= 0.6 is 0 Å². The van der Waals surface area contributed by atoms with Gasteiger partial charge in [-0.25, -0.2) is 14.1 Å². The quantitative estimate of drug-likeness (QED) is 0.349. The highest BCUT2D eigenvalue weighted by Gasteiger charge is 2.29. The Morgan fingerprint density at radius 1 is 1.17 bits per heavy atom. The summed E-state index contributed by atoms with van der Waals surface area (Å²) < 4.78 is 23.3. The average Bonchev–Trinajstić information content (AvgIpc) is 3.57. The van der Waals surface area contributed by atoms with Crippen LogP contribution in [0.4, 0.5) is 4.39 Å². The first kappa shape index (κ1) is 23.5. The molecule has 1 aliphatic heterocycles. The molecule has 0 bridgehead atoms. The van der Waals surface area contributed by atoms with Gasteiger partial charge in [-0.3, -0.25) is 4.79 Å². The molecule has 3 heterocycles. The lowest BCUT2D eigenvalue weighted by Crippen LogP contribution is -2.39. The molecule has 184 valence electrons. The van der Waals surface area contributed by atoms with Crippen molar-refractivity contribution in [1.29, 1.82) is 0 Å². The van der Waals surface area contributed by atoms with Gasteiger partial charge in [0.25, 0.3) is 0 Å². The molecule has 0 spiro atoms. The van der Waals surface area contributed by atoms with Gasteiger partial charge in [-0.2, -0.15) is 5.10 Å². The lowest BCUT2D eigenvalue weighted by molar-refractivity contribution is -0.130. The highest BCUT2D eigenvalue weighted by atomic mass is 19.1. The topological polar surface area (TPSA) is 65.2 Å². The summed E-state index contributed by atoms with van der Waals surface area (Å²) in [5.74, 6) is 0.341. The number of hydrogen-bond donors (Lipinski definition) is 0. The van der Waals surface area contributed by atoms with E-state index in [0.29, 0.717) is 24.4 Å². The lowest BCUT2D eigenvalue weighted by atomic mass is 9.96. The zero-order chi connectivity index (χ0) is 25.2. The van der Waals surface area contributed by atoms with Gasteiger partial charge < -0.3 is 14.2 Å². The van der Waals surface area contributed by atoms with E-state index in [9.17, 15) is 9.18 Å². The van der Waals surface area contributed by atoms with Crippen LogP contribution in [0.15, 0.2) is 73.0 Å². The molecule has 5 rings (SSSR count). The number of amides is 1. The van der Waals surface area contributed by atoms with Crippen LogP contribution in [0.5, 0.6) is 5.75 Å². The van der Waals surface area contributed by atoms with E-state index in [4.69, 9.17) is 4.74 Å². The molecule has 8 heteroatoms. The number of rotatable bonds is 6. The van der Waals surface area contributed by atoms with E-state index < -0.39 is 0 Å². The number of halogens is 1. The summed E-state index contributed by atoms with van der Waals surface area (Å²) in [6, 6.07) is 12.1. The Labute approximate surface area is 209 Å². The van der Waals surface area contributed by atoms with Crippen molar-refractivity contribution < 1.29 is 13.9 Å². The normalized spacial score (nSPS) is 15.9. The minimum absolute atomic E-state index is 0.0160. The minimum Gasteiger partial charge on any atom is -0.495 e. The number of piperidine rings is 1. The summed E-state index contributed by atoms with van der Waals surface area (Å²) >= 11 is 0. The first-order valence-electron chi connectivity index (χ1n) is 11.9.